The SMILES string of the molecule is CC(C)C1CCCCN1NC(=O)c1ccccc1. The van der Waals surface area contributed by atoms with Gasteiger partial charge in [-0.25, -0.2) is 5.01 Å². The average molecular weight is 246 g/mol. The van der Waals surface area contributed by atoms with E-state index in [4.69, 9.17) is 0 Å². The van der Waals surface area contributed by atoms with Gasteiger partial charge in [0.25, 0.3) is 5.91 Å². The highest BCUT2D eigenvalue weighted by Crippen LogP contribution is 2.21. The van der Waals surface area contributed by atoms with Gasteiger partial charge in [-0.1, -0.05) is 38.5 Å². The number of carbonyl (C=O) groups is 1. The predicted molar refractivity (Wildman–Crippen MR) is 73.1 cm³/mol. The van der Waals surface area contributed by atoms with Crippen LogP contribution in [0.3, 0.4) is 0 Å². The van der Waals surface area contributed by atoms with E-state index in [0.29, 0.717) is 12.0 Å². The van der Waals surface area contributed by atoms with Crippen molar-refractivity contribution in [2.75, 3.05) is 6.54 Å². The molecule has 1 saturated heterocycles. The molecule has 1 aromatic carbocycles. The van der Waals surface area contributed by atoms with Crippen LogP contribution >= 0.6 is 0 Å². The first-order valence-electron chi connectivity index (χ1n) is 6.81. The van der Waals surface area contributed by atoms with Gasteiger partial charge in [0.05, 0.1) is 0 Å². The fourth-order valence-electron chi connectivity index (χ4n) is 2.57. The lowest BCUT2D eigenvalue weighted by molar-refractivity contribution is 0.0444. The van der Waals surface area contributed by atoms with Crippen LogP contribution in [0.1, 0.15) is 43.5 Å². The molecule has 3 nitrogen and oxygen atoms in total. The number of benzene rings is 1. The van der Waals surface area contributed by atoms with Crippen molar-refractivity contribution >= 4 is 5.91 Å². The number of hydrogen-bond acceptors (Lipinski definition) is 2. The third-order valence-corrected chi connectivity index (χ3v) is 3.60. The van der Waals surface area contributed by atoms with Crippen molar-refractivity contribution in [2.45, 2.75) is 39.2 Å². The monoisotopic (exact) mass is 246 g/mol. The Hall–Kier alpha value is -1.35. The summed E-state index contributed by atoms with van der Waals surface area (Å²) >= 11 is 0. The second-order valence-corrected chi connectivity index (χ2v) is 5.31. The zero-order valence-electron chi connectivity index (χ0n) is 11.2. The van der Waals surface area contributed by atoms with E-state index in [1.165, 1.54) is 12.8 Å². The molecule has 18 heavy (non-hydrogen) atoms. The number of rotatable bonds is 3. The molecule has 3 heteroatoms. The molecular weight excluding hydrogens is 224 g/mol. The molecule has 1 aromatic rings. The molecule has 2 rings (SSSR count). The highest BCUT2D eigenvalue weighted by atomic mass is 16.2. The molecule has 98 valence electrons. The quantitative estimate of drug-likeness (QED) is 0.889. The first kappa shape index (κ1) is 13.1. The van der Waals surface area contributed by atoms with E-state index in [-0.39, 0.29) is 5.91 Å². The van der Waals surface area contributed by atoms with Crippen molar-refractivity contribution in [3.63, 3.8) is 0 Å². The predicted octanol–water partition coefficient (Wildman–Crippen LogP) is 2.84. The summed E-state index contributed by atoms with van der Waals surface area (Å²) in [6.45, 7) is 5.40. The van der Waals surface area contributed by atoms with Gasteiger partial charge in [0.15, 0.2) is 0 Å². The molecule has 1 fully saturated rings. The molecule has 1 unspecified atom stereocenters. The fraction of sp³-hybridized carbons (Fsp3) is 0.533. The first-order valence-corrected chi connectivity index (χ1v) is 6.81. The summed E-state index contributed by atoms with van der Waals surface area (Å²) in [4.78, 5) is 12.1. The number of amides is 1. The van der Waals surface area contributed by atoms with Crippen LogP contribution in [0.25, 0.3) is 0 Å². The van der Waals surface area contributed by atoms with Crippen molar-refractivity contribution in [2.24, 2.45) is 5.92 Å². The van der Waals surface area contributed by atoms with Crippen LogP contribution in [0, 0.1) is 5.92 Å². The van der Waals surface area contributed by atoms with E-state index in [9.17, 15) is 4.79 Å². The number of carbonyl (C=O) groups excluding carboxylic acids is 1. The summed E-state index contributed by atoms with van der Waals surface area (Å²) < 4.78 is 0. The number of piperidine rings is 1. The molecule has 1 atom stereocenters. The molecule has 1 heterocycles. The summed E-state index contributed by atoms with van der Waals surface area (Å²) in [6.07, 6.45) is 3.60. The number of nitrogens with one attached hydrogen (secondary N) is 1. The summed E-state index contributed by atoms with van der Waals surface area (Å²) in [7, 11) is 0. The van der Waals surface area contributed by atoms with E-state index in [0.717, 1.165) is 18.5 Å². The number of hydrazine groups is 1. The van der Waals surface area contributed by atoms with E-state index < -0.39 is 0 Å². The van der Waals surface area contributed by atoms with Crippen molar-refractivity contribution < 1.29 is 4.79 Å². The standard InChI is InChI=1S/C15H22N2O/c1-12(2)14-10-6-7-11-17(14)16-15(18)13-8-4-3-5-9-13/h3-5,8-9,12,14H,6-7,10-11H2,1-2H3,(H,16,18). The largest absolute Gasteiger partial charge is 0.285 e. The van der Waals surface area contributed by atoms with Crippen molar-refractivity contribution in [3.05, 3.63) is 35.9 Å². The molecule has 0 aliphatic carbocycles. The van der Waals surface area contributed by atoms with Gasteiger partial charge in [0, 0.05) is 18.2 Å². The molecule has 1 amide bonds. The van der Waals surface area contributed by atoms with Crippen LogP contribution in [0.4, 0.5) is 0 Å². The third kappa shape index (κ3) is 3.10. The highest BCUT2D eigenvalue weighted by molar-refractivity contribution is 5.93. The smallest absolute Gasteiger partial charge is 0.265 e. The maximum Gasteiger partial charge on any atom is 0.265 e. The van der Waals surface area contributed by atoms with Crippen LogP contribution in [-0.2, 0) is 0 Å². The molecule has 0 aromatic heterocycles. The number of hydrogen-bond donors (Lipinski definition) is 1. The van der Waals surface area contributed by atoms with Gasteiger partial charge < -0.3 is 0 Å². The Kier molecular flexibility index (Phi) is 4.37. The van der Waals surface area contributed by atoms with Gasteiger partial charge in [-0.3, -0.25) is 10.2 Å². The Morgan fingerprint density at radius 2 is 2.00 bits per heavy atom. The second-order valence-electron chi connectivity index (χ2n) is 5.31. The Balaban J connectivity index is 2.01. The molecule has 0 spiro atoms. The Labute approximate surface area is 109 Å². The van der Waals surface area contributed by atoms with Gasteiger partial charge in [-0.15, -0.1) is 0 Å². The topological polar surface area (TPSA) is 32.3 Å². The molecule has 1 aliphatic heterocycles. The zero-order chi connectivity index (χ0) is 13.0. The van der Waals surface area contributed by atoms with E-state index in [2.05, 4.69) is 24.3 Å². The minimum atomic E-state index is 0.00292. The second kappa shape index (κ2) is 6.01. The van der Waals surface area contributed by atoms with Gasteiger partial charge in [0.1, 0.15) is 0 Å². The van der Waals surface area contributed by atoms with Crippen LogP contribution < -0.4 is 5.43 Å². The summed E-state index contributed by atoms with van der Waals surface area (Å²) in [5, 5.41) is 2.13. The highest BCUT2D eigenvalue weighted by Gasteiger charge is 2.26. The van der Waals surface area contributed by atoms with Gasteiger partial charge in [-0.05, 0) is 30.9 Å². The molecule has 1 N–H and O–H groups in total. The maximum atomic E-state index is 12.1. The minimum absolute atomic E-state index is 0.00292. The van der Waals surface area contributed by atoms with Gasteiger partial charge >= 0.3 is 0 Å². The Bertz CT molecular complexity index is 389. The molecule has 0 radical (unpaired) electrons. The van der Waals surface area contributed by atoms with Crippen LogP contribution in [0.5, 0.6) is 0 Å². The summed E-state index contributed by atoms with van der Waals surface area (Å²) in [5.41, 5.74) is 3.79. The molecular formula is C15H22N2O. The van der Waals surface area contributed by atoms with Crippen LogP contribution in [-0.4, -0.2) is 23.5 Å². The fourth-order valence-corrected chi connectivity index (χ4v) is 2.57. The van der Waals surface area contributed by atoms with Crippen molar-refractivity contribution in [1.29, 1.82) is 0 Å². The van der Waals surface area contributed by atoms with Crippen molar-refractivity contribution in [3.8, 4) is 0 Å². The Morgan fingerprint density at radius 3 is 2.67 bits per heavy atom. The molecule has 1 aliphatic rings. The summed E-state index contributed by atoms with van der Waals surface area (Å²) in [5.74, 6) is 0.574. The van der Waals surface area contributed by atoms with Crippen LogP contribution in [0.2, 0.25) is 0 Å². The molecule has 0 bridgehead atoms. The summed E-state index contributed by atoms with van der Waals surface area (Å²) in [6, 6.07) is 9.88. The van der Waals surface area contributed by atoms with Gasteiger partial charge in [-0.2, -0.15) is 0 Å². The number of nitrogens with zero attached hydrogens (tertiary/aromatic N) is 1. The first-order chi connectivity index (χ1) is 8.68. The van der Waals surface area contributed by atoms with Crippen molar-refractivity contribution in [1.82, 2.24) is 10.4 Å². The minimum Gasteiger partial charge on any atom is -0.285 e. The zero-order valence-corrected chi connectivity index (χ0v) is 11.2. The van der Waals surface area contributed by atoms with Gasteiger partial charge in [0.2, 0.25) is 0 Å². The molecule has 0 saturated carbocycles. The normalized spacial score (nSPS) is 20.9. The lowest BCUT2D eigenvalue weighted by atomic mass is 9.94. The van der Waals surface area contributed by atoms with E-state index in [1.54, 1.807) is 0 Å². The third-order valence-electron chi connectivity index (χ3n) is 3.60. The average Bonchev–Trinajstić information content (AvgIpc) is 2.40. The lowest BCUT2D eigenvalue weighted by Gasteiger charge is -2.38. The maximum absolute atomic E-state index is 12.1. The van der Waals surface area contributed by atoms with E-state index in [1.807, 2.05) is 30.3 Å². The van der Waals surface area contributed by atoms with Crippen LogP contribution in [0.15, 0.2) is 30.3 Å². The lowest BCUT2D eigenvalue weighted by Crippen LogP contribution is -2.52. The van der Waals surface area contributed by atoms with E-state index >= 15 is 0 Å². The Morgan fingerprint density at radius 1 is 1.28 bits per heavy atom.